The summed E-state index contributed by atoms with van der Waals surface area (Å²) in [7, 11) is 0. The Hall–Kier alpha value is -2.92. The third-order valence-electron chi connectivity index (χ3n) is 3.13. The first kappa shape index (κ1) is 12.1. The minimum atomic E-state index is 0.658. The van der Waals surface area contributed by atoms with Gasteiger partial charge in [0.25, 0.3) is 0 Å². The third-order valence-corrected chi connectivity index (χ3v) is 3.13. The molecule has 0 spiro atoms. The fraction of sp³-hybridized carbons (Fsp3) is 0. The average molecular weight is 256 g/mol. The van der Waals surface area contributed by atoms with Gasteiger partial charge in [-0.3, -0.25) is 4.98 Å². The van der Waals surface area contributed by atoms with Gasteiger partial charge in [-0.15, -0.1) is 0 Å². The molecule has 3 rings (SSSR count). The van der Waals surface area contributed by atoms with Crippen LogP contribution in [0.2, 0.25) is 0 Å². The van der Waals surface area contributed by atoms with Gasteiger partial charge < -0.3 is 0 Å². The van der Waals surface area contributed by atoms with Crippen molar-refractivity contribution in [3.63, 3.8) is 0 Å². The van der Waals surface area contributed by atoms with Crippen molar-refractivity contribution in [3.05, 3.63) is 84.3 Å². The van der Waals surface area contributed by atoms with Crippen molar-refractivity contribution in [1.29, 1.82) is 0 Å². The highest BCUT2D eigenvalue weighted by Gasteiger charge is 2.02. The van der Waals surface area contributed by atoms with Crippen LogP contribution in [0.1, 0.15) is 0 Å². The van der Waals surface area contributed by atoms with Gasteiger partial charge in [0.05, 0.1) is 12.3 Å². The molecule has 0 aliphatic carbocycles. The van der Waals surface area contributed by atoms with Crippen LogP contribution < -0.4 is 0 Å². The second-order valence-electron chi connectivity index (χ2n) is 4.46. The summed E-state index contributed by atoms with van der Waals surface area (Å²) in [5.41, 5.74) is 4.84. The molecule has 0 radical (unpaired) electrons. The van der Waals surface area contributed by atoms with E-state index in [2.05, 4.69) is 22.0 Å². The van der Waals surface area contributed by atoms with E-state index in [0.717, 1.165) is 22.4 Å². The zero-order chi connectivity index (χ0) is 13.8. The molecule has 94 valence electrons. The molecule has 0 atom stereocenters. The van der Waals surface area contributed by atoms with Gasteiger partial charge in [0.1, 0.15) is 0 Å². The Morgan fingerprint density at radius 2 is 1.50 bits per heavy atom. The summed E-state index contributed by atoms with van der Waals surface area (Å²) in [6, 6.07) is 21.8. The molecule has 0 saturated carbocycles. The first-order valence-corrected chi connectivity index (χ1v) is 6.36. The maximum absolute atomic E-state index is 7.09. The fourth-order valence-electron chi connectivity index (χ4n) is 2.15. The highest BCUT2D eigenvalue weighted by molar-refractivity contribution is 5.73. The van der Waals surface area contributed by atoms with Crippen LogP contribution in [0.25, 0.3) is 27.2 Å². The fourth-order valence-corrected chi connectivity index (χ4v) is 2.15. The SMILES string of the molecule is [C-]#[N+]c1cccc(-c2cccc(-c3ccccn3)c2)c1. The average Bonchev–Trinajstić information content (AvgIpc) is 2.56. The summed E-state index contributed by atoms with van der Waals surface area (Å²) in [4.78, 5) is 7.84. The van der Waals surface area contributed by atoms with E-state index < -0.39 is 0 Å². The number of pyridine rings is 1. The Kier molecular flexibility index (Phi) is 3.26. The summed E-state index contributed by atoms with van der Waals surface area (Å²) in [5.74, 6) is 0. The van der Waals surface area contributed by atoms with Crippen molar-refractivity contribution in [3.8, 4) is 22.4 Å². The number of benzene rings is 2. The molecule has 2 nitrogen and oxygen atoms in total. The molecule has 0 amide bonds. The smallest absolute Gasteiger partial charge is 0.187 e. The molecule has 3 aromatic rings. The van der Waals surface area contributed by atoms with Crippen molar-refractivity contribution in [2.75, 3.05) is 0 Å². The summed E-state index contributed by atoms with van der Waals surface area (Å²) in [6.45, 7) is 7.09. The standard InChI is InChI=1S/C18H12N2/c1-19-17-9-5-7-15(13-17)14-6-4-8-16(12-14)18-10-2-3-11-20-18/h2-13H. The van der Waals surface area contributed by atoms with Crippen molar-refractivity contribution < 1.29 is 0 Å². The molecule has 0 fully saturated rings. The van der Waals surface area contributed by atoms with E-state index in [1.165, 1.54) is 0 Å². The molecular formula is C18H12N2. The molecule has 0 aliphatic heterocycles. The number of nitrogens with zero attached hydrogens (tertiary/aromatic N) is 2. The molecule has 0 saturated heterocycles. The maximum Gasteiger partial charge on any atom is 0.187 e. The van der Waals surface area contributed by atoms with E-state index in [-0.39, 0.29) is 0 Å². The highest BCUT2D eigenvalue weighted by Crippen LogP contribution is 2.27. The van der Waals surface area contributed by atoms with Crippen LogP contribution in [0.5, 0.6) is 0 Å². The largest absolute Gasteiger partial charge is 0.256 e. The minimum absolute atomic E-state index is 0.658. The van der Waals surface area contributed by atoms with Crippen molar-refractivity contribution >= 4 is 5.69 Å². The molecule has 0 bridgehead atoms. The highest BCUT2D eigenvalue weighted by atomic mass is 14.7. The molecule has 0 aliphatic rings. The lowest BCUT2D eigenvalue weighted by Crippen LogP contribution is -1.83. The molecule has 20 heavy (non-hydrogen) atoms. The number of aromatic nitrogens is 1. The third kappa shape index (κ3) is 2.43. The van der Waals surface area contributed by atoms with Crippen LogP contribution in [-0.4, -0.2) is 4.98 Å². The Morgan fingerprint density at radius 3 is 2.25 bits per heavy atom. The van der Waals surface area contributed by atoms with Crippen LogP contribution >= 0.6 is 0 Å². The molecule has 1 aromatic heterocycles. The van der Waals surface area contributed by atoms with Crippen molar-refractivity contribution in [1.82, 2.24) is 4.98 Å². The van der Waals surface area contributed by atoms with Crippen LogP contribution in [0.15, 0.2) is 72.9 Å². The number of hydrogen-bond acceptors (Lipinski definition) is 1. The van der Waals surface area contributed by atoms with Crippen LogP contribution in [0.4, 0.5) is 5.69 Å². The van der Waals surface area contributed by atoms with E-state index in [4.69, 9.17) is 6.57 Å². The van der Waals surface area contributed by atoms with Crippen molar-refractivity contribution in [2.24, 2.45) is 0 Å². The lowest BCUT2D eigenvalue weighted by Gasteiger charge is -2.06. The zero-order valence-corrected chi connectivity index (χ0v) is 10.8. The van der Waals surface area contributed by atoms with Gasteiger partial charge in [0, 0.05) is 11.8 Å². The molecule has 1 heterocycles. The van der Waals surface area contributed by atoms with Crippen LogP contribution in [0, 0.1) is 6.57 Å². The van der Waals surface area contributed by atoms with Gasteiger partial charge in [-0.1, -0.05) is 42.5 Å². The quantitative estimate of drug-likeness (QED) is 0.592. The second-order valence-corrected chi connectivity index (χ2v) is 4.46. The van der Waals surface area contributed by atoms with Gasteiger partial charge in [-0.05, 0) is 35.4 Å². The summed E-state index contributed by atoms with van der Waals surface area (Å²) < 4.78 is 0. The summed E-state index contributed by atoms with van der Waals surface area (Å²) in [5, 5.41) is 0. The Balaban J connectivity index is 2.06. The Morgan fingerprint density at radius 1 is 0.750 bits per heavy atom. The van der Waals surface area contributed by atoms with Gasteiger partial charge in [0.2, 0.25) is 0 Å². The lowest BCUT2D eigenvalue weighted by atomic mass is 10.0. The van der Waals surface area contributed by atoms with Gasteiger partial charge in [-0.2, -0.15) is 0 Å². The Labute approximate surface area is 118 Å². The van der Waals surface area contributed by atoms with Crippen LogP contribution in [-0.2, 0) is 0 Å². The summed E-state index contributed by atoms with van der Waals surface area (Å²) in [6.07, 6.45) is 1.79. The van der Waals surface area contributed by atoms with E-state index >= 15 is 0 Å². The predicted octanol–water partition coefficient (Wildman–Crippen LogP) is 4.97. The topological polar surface area (TPSA) is 17.2 Å². The maximum atomic E-state index is 7.09. The Bertz CT molecular complexity index is 771. The van der Waals surface area contributed by atoms with E-state index in [9.17, 15) is 0 Å². The zero-order valence-electron chi connectivity index (χ0n) is 10.8. The number of hydrogen-bond donors (Lipinski definition) is 0. The molecule has 0 unspecified atom stereocenters. The van der Waals surface area contributed by atoms with E-state index in [1.54, 1.807) is 6.20 Å². The monoisotopic (exact) mass is 256 g/mol. The normalized spacial score (nSPS) is 9.95. The second kappa shape index (κ2) is 5.38. The van der Waals surface area contributed by atoms with Gasteiger partial charge in [0.15, 0.2) is 5.69 Å². The molecule has 0 N–H and O–H groups in total. The number of rotatable bonds is 2. The van der Waals surface area contributed by atoms with Crippen LogP contribution in [0.3, 0.4) is 0 Å². The molecule has 2 heteroatoms. The summed E-state index contributed by atoms with van der Waals surface area (Å²) >= 11 is 0. The lowest BCUT2D eigenvalue weighted by molar-refractivity contribution is 1.33. The van der Waals surface area contributed by atoms with E-state index in [0.29, 0.717) is 5.69 Å². The first-order valence-electron chi connectivity index (χ1n) is 6.36. The first-order chi connectivity index (χ1) is 9.86. The minimum Gasteiger partial charge on any atom is -0.256 e. The predicted molar refractivity (Wildman–Crippen MR) is 81.4 cm³/mol. The van der Waals surface area contributed by atoms with Crippen molar-refractivity contribution in [2.45, 2.75) is 0 Å². The molecule has 2 aromatic carbocycles. The van der Waals surface area contributed by atoms with Gasteiger partial charge >= 0.3 is 0 Å². The van der Waals surface area contributed by atoms with Gasteiger partial charge in [-0.25, -0.2) is 4.85 Å². The van der Waals surface area contributed by atoms with E-state index in [1.807, 2.05) is 54.6 Å². The molecular weight excluding hydrogens is 244 g/mol.